The zero-order chi connectivity index (χ0) is 24.4. The predicted octanol–water partition coefficient (Wildman–Crippen LogP) is 3.45. The van der Waals surface area contributed by atoms with Crippen molar-refractivity contribution in [3.8, 4) is 17.2 Å². The lowest BCUT2D eigenvalue weighted by Crippen LogP contribution is -2.32. The van der Waals surface area contributed by atoms with Gasteiger partial charge in [0.15, 0.2) is 5.65 Å². The van der Waals surface area contributed by atoms with E-state index in [9.17, 15) is 9.59 Å². The van der Waals surface area contributed by atoms with Crippen LogP contribution in [0.5, 0.6) is 11.5 Å². The van der Waals surface area contributed by atoms with E-state index in [1.165, 1.54) is 10.9 Å². The molecule has 1 N–H and O–H groups in total. The molecule has 1 amide bonds. The summed E-state index contributed by atoms with van der Waals surface area (Å²) in [4.78, 5) is 30.5. The van der Waals surface area contributed by atoms with Crippen molar-refractivity contribution in [3.05, 3.63) is 81.5 Å². The largest absolute Gasteiger partial charge is 0.497 e. The quantitative estimate of drug-likeness (QED) is 0.457. The van der Waals surface area contributed by atoms with Gasteiger partial charge >= 0.3 is 0 Å². The van der Waals surface area contributed by atoms with Crippen LogP contribution in [0, 0.1) is 20.8 Å². The normalized spacial score (nSPS) is 11.0. The average Bonchev–Trinajstić information content (AvgIpc) is 3.10. The van der Waals surface area contributed by atoms with Gasteiger partial charge in [0.2, 0.25) is 5.91 Å². The molecular formula is C26H28N4O4. The molecule has 4 aromatic rings. The Hall–Kier alpha value is -4.07. The van der Waals surface area contributed by atoms with Gasteiger partial charge in [-0.15, -0.1) is 0 Å². The molecule has 0 radical (unpaired) electrons. The van der Waals surface area contributed by atoms with E-state index in [4.69, 9.17) is 9.47 Å². The highest BCUT2D eigenvalue weighted by molar-refractivity contribution is 5.83. The van der Waals surface area contributed by atoms with Gasteiger partial charge in [0.05, 0.1) is 19.6 Å². The van der Waals surface area contributed by atoms with Crippen LogP contribution in [0.3, 0.4) is 0 Å². The molecule has 0 bridgehead atoms. The van der Waals surface area contributed by atoms with Gasteiger partial charge in [-0.05, 0) is 56.7 Å². The molecule has 8 nitrogen and oxygen atoms in total. The molecule has 2 aromatic heterocycles. The van der Waals surface area contributed by atoms with Gasteiger partial charge in [0.25, 0.3) is 5.56 Å². The first-order chi connectivity index (χ1) is 16.3. The zero-order valence-corrected chi connectivity index (χ0v) is 20.0. The van der Waals surface area contributed by atoms with Crippen molar-refractivity contribution >= 4 is 16.9 Å². The number of hydrogen-bond acceptors (Lipinski definition) is 5. The smallest absolute Gasteiger partial charge is 0.263 e. The SMILES string of the molecule is COc1ccc(OC)c(CNC(=O)Cn2cnc3c(c(C)c(C)n3-c3ccc(C)cc3)c2=O)c1. The second-order valence-electron chi connectivity index (χ2n) is 8.21. The molecule has 176 valence electrons. The Morgan fingerprint density at radius 1 is 1.03 bits per heavy atom. The summed E-state index contributed by atoms with van der Waals surface area (Å²) >= 11 is 0. The van der Waals surface area contributed by atoms with Crippen molar-refractivity contribution in [1.29, 1.82) is 0 Å². The molecule has 8 heteroatoms. The predicted molar refractivity (Wildman–Crippen MR) is 131 cm³/mol. The minimum atomic E-state index is -0.305. The van der Waals surface area contributed by atoms with E-state index < -0.39 is 0 Å². The molecule has 0 aliphatic carbocycles. The third-order valence-corrected chi connectivity index (χ3v) is 6.05. The van der Waals surface area contributed by atoms with E-state index in [0.717, 1.165) is 28.1 Å². The number of aromatic nitrogens is 3. The number of benzene rings is 2. The molecular weight excluding hydrogens is 432 g/mol. The van der Waals surface area contributed by atoms with Gasteiger partial charge in [0, 0.05) is 23.5 Å². The van der Waals surface area contributed by atoms with Crippen LogP contribution >= 0.6 is 0 Å². The van der Waals surface area contributed by atoms with Crippen LogP contribution in [-0.2, 0) is 17.9 Å². The first-order valence-electron chi connectivity index (χ1n) is 11.0. The third kappa shape index (κ3) is 4.26. The first-order valence-corrected chi connectivity index (χ1v) is 11.0. The molecule has 2 heterocycles. The molecule has 0 spiro atoms. The van der Waals surface area contributed by atoms with E-state index >= 15 is 0 Å². The van der Waals surface area contributed by atoms with Crippen molar-refractivity contribution in [3.63, 3.8) is 0 Å². The molecule has 0 saturated carbocycles. The summed E-state index contributed by atoms with van der Waals surface area (Å²) in [7, 11) is 3.15. The minimum Gasteiger partial charge on any atom is -0.497 e. The molecule has 34 heavy (non-hydrogen) atoms. The Morgan fingerprint density at radius 2 is 1.76 bits per heavy atom. The maximum absolute atomic E-state index is 13.3. The number of carbonyl (C=O) groups excluding carboxylic acids is 1. The Labute approximate surface area is 197 Å². The summed E-state index contributed by atoms with van der Waals surface area (Å²) in [6.07, 6.45) is 1.43. The minimum absolute atomic E-state index is 0.137. The van der Waals surface area contributed by atoms with E-state index in [2.05, 4.69) is 10.3 Å². The van der Waals surface area contributed by atoms with E-state index in [1.54, 1.807) is 32.4 Å². The lowest BCUT2D eigenvalue weighted by atomic mass is 10.2. The maximum atomic E-state index is 13.3. The van der Waals surface area contributed by atoms with Crippen molar-refractivity contribution in [1.82, 2.24) is 19.4 Å². The summed E-state index contributed by atoms with van der Waals surface area (Å²) in [5.41, 5.74) is 5.00. The highest BCUT2D eigenvalue weighted by atomic mass is 16.5. The lowest BCUT2D eigenvalue weighted by molar-refractivity contribution is -0.121. The first kappa shape index (κ1) is 23.1. The fourth-order valence-electron chi connectivity index (χ4n) is 4.03. The second-order valence-corrected chi connectivity index (χ2v) is 8.21. The van der Waals surface area contributed by atoms with Gasteiger partial charge in [0.1, 0.15) is 24.4 Å². The Balaban J connectivity index is 1.59. The number of hydrogen-bond donors (Lipinski definition) is 1. The monoisotopic (exact) mass is 460 g/mol. The van der Waals surface area contributed by atoms with Gasteiger partial charge in [-0.2, -0.15) is 0 Å². The van der Waals surface area contributed by atoms with Crippen molar-refractivity contribution in [2.24, 2.45) is 0 Å². The fourth-order valence-corrected chi connectivity index (χ4v) is 4.03. The van der Waals surface area contributed by atoms with Crippen LogP contribution in [0.4, 0.5) is 0 Å². The Bertz CT molecular complexity index is 1420. The second kappa shape index (κ2) is 9.43. The molecule has 0 fully saturated rings. The number of aryl methyl sites for hydroxylation is 2. The summed E-state index contributed by atoms with van der Waals surface area (Å²) in [6, 6.07) is 13.4. The molecule has 0 aliphatic rings. The molecule has 0 saturated heterocycles. The van der Waals surface area contributed by atoms with Crippen LogP contribution in [-0.4, -0.2) is 34.2 Å². The highest BCUT2D eigenvalue weighted by Gasteiger charge is 2.18. The number of ether oxygens (including phenoxy) is 2. The van der Waals surface area contributed by atoms with Gasteiger partial charge in [-0.3, -0.25) is 18.7 Å². The lowest BCUT2D eigenvalue weighted by Gasteiger charge is -2.12. The molecule has 0 unspecified atom stereocenters. The summed E-state index contributed by atoms with van der Waals surface area (Å²) in [6.45, 7) is 6.01. The van der Waals surface area contributed by atoms with Crippen LogP contribution in [0.2, 0.25) is 0 Å². The number of fused-ring (bicyclic) bond motifs is 1. The van der Waals surface area contributed by atoms with Crippen molar-refractivity contribution in [2.45, 2.75) is 33.9 Å². The van der Waals surface area contributed by atoms with Crippen molar-refractivity contribution < 1.29 is 14.3 Å². The topological polar surface area (TPSA) is 87.4 Å². The van der Waals surface area contributed by atoms with Gasteiger partial charge < -0.3 is 14.8 Å². The number of nitrogens with one attached hydrogen (secondary N) is 1. The molecule has 0 atom stereocenters. The van der Waals surface area contributed by atoms with Crippen LogP contribution in [0.1, 0.15) is 22.4 Å². The van der Waals surface area contributed by atoms with E-state index in [1.807, 2.05) is 49.6 Å². The standard InChI is InChI=1S/C26H28N4O4/c1-16-6-8-20(9-7-16)30-18(3)17(2)24-25(30)28-15-29(26(24)32)14-23(31)27-13-19-12-21(33-4)10-11-22(19)34-5/h6-12,15H,13-14H2,1-5H3,(H,27,31). The number of nitrogens with zero attached hydrogens (tertiary/aromatic N) is 3. The third-order valence-electron chi connectivity index (χ3n) is 6.05. The van der Waals surface area contributed by atoms with Crippen LogP contribution < -0.4 is 20.3 Å². The molecule has 4 rings (SSSR count). The van der Waals surface area contributed by atoms with Gasteiger partial charge in [-0.25, -0.2) is 4.98 Å². The Morgan fingerprint density at radius 3 is 2.44 bits per heavy atom. The fraction of sp³-hybridized carbons (Fsp3) is 0.269. The summed E-state index contributed by atoms with van der Waals surface area (Å²) in [5, 5.41) is 3.36. The summed E-state index contributed by atoms with van der Waals surface area (Å²) < 4.78 is 13.9. The van der Waals surface area contributed by atoms with E-state index in [-0.39, 0.29) is 24.6 Å². The number of rotatable bonds is 7. The average molecular weight is 461 g/mol. The molecule has 2 aromatic carbocycles. The van der Waals surface area contributed by atoms with Crippen LogP contribution in [0.15, 0.2) is 53.6 Å². The van der Waals surface area contributed by atoms with Gasteiger partial charge in [-0.1, -0.05) is 17.7 Å². The van der Waals surface area contributed by atoms with E-state index in [0.29, 0.717) is 22.5 Å². The maximum Gasteiger partial charge on any atom is 0.263 e. The zero-order valence-electron chi connectivity index (χ0n) is 20.0. The number of methoxy groups -OCH3 is 2. The summed E-state index contributed by atoms with van der Waals surface area (Å²) in [5.74, 6) is 1.00. The highest BCUT2D eigenvalue weighted by Crippen LogP contribution is 2.25. The number of carbonyl (C=O) groups is 1. The Kier molecular flexibility index (Phi) is 6.40. The van der Waals surface area contributed by atoms with Crippen molar-refractivity contribution in [2.75, 3.05) is 14.2 Å². The number of amides is 1. The molecule has 0 aliphatic heterocycles. The van der Waals surface area contributed by atoms with Crippen LogP contribution in [0.25, 0.3) is 16.7 Å².